The zero-order valence-corrected chi connectivity index (χ0v) is 8.54. The van der Waals surface area contributed by atoms with Gasteiger partial charge in [-0.05, 0) is 17.6 Å². The molecule has 1 unspecified atom stereocenters. The highest BCUT2D eigenvalue weighted by Gasteiger charge is 2.18. The second kappa shape index (κ2) is 4.43. The lowest BCUT2D eigenvalue weighted by molar-refractivity contribution is 0.552. The SMILES string of the molecule is NNC(c1csnn1)c1ccccc1F. The summed E-state index contributed by atoms with van der Waals surface area (Å²) in [5.41, 5.74) is 3.61. The fourth-order valence-corrected chi connectivity index (χ4v) is 1.82. The van der Waals surface area contributed by atoms with E-state index >= 15 is 0 Å². The molecule has 0 saturated carbocycles. The maximum absolute atomic E-state index is 13.5. The Hall–Kier alpha value is -1.37. The van der Waals surface area contributed by atoms with Gasteiger partial charge in [0.2, 0.25) is 0 Å². The molecule has 0 aliphatic rings. The maximum atomic E-state index is 13.5. The summed E-state index contributed by atoms with van der Waals surface area (Å²) in [6, 6.07) is 5.98. The van der Waals surface area contributed by atoms with Crippen molar-refractivity contribution in [1.29, 1.82) is 0 Å². The highest BCUT2D eigenvalue weighted by atomic mass is 32.1. The number of aromatic nitrogens is 2. The molecule has 78 valence electrons. The number of halogens is 1. The standard InChI is InChI=1S/C9H9FN4S/c10-7-4-2-1-3-6(7)9(12-11)8-5-15-14-13-8/h1-5,9,12H,11H2. The van der Waals surface area contributed by atoms with E-state index in [1.807, 2.05) is 0 Å². The number of hydrogen-bond acceptors (Lipinski definition) is 5. The molecule has 1 heterocycles. The first-order valence-corrected chi connectivity index (χ1v) is 5.14. The van der Waals surface area contributed by atoms with Gasteiger partial charge in [0.25, 0.3) is 0 Å². The van der Waals surface area contributed by atoms with Crippen molar-refractivity contribution in [2.24, 2.45) is 5.84 Å². The maximum Gasteiger partial charge on any atom is 0.128 e. The van der Waals surface area contributed by atoms with Crippen molar-refractivity contribution in [3.63, 3.8) is 0 Å². The summed E-state index contributed by atoms with van der Waals surface area (Å²) in [5.74, 6) is 5.07. The summed E-state index contributed by atoms with van der Waals surface area (Å²) in [4.78, 5) is 0. The van der Waals surface area contributed by atoms with Crippen LogP contribution in [-0.2, 0) is 0 Å². The zero-order chi connectivity index (χ0) is 10.7. The van der Waals surface area contributed by atoms with E-state index in [1.165, 1.54) is 17.6 Å². The van der Waals surface area contributed by atoms with Gasteiger partial charge in [-0.1, -0.05) is 22.7 Å². The molecule has 0 amide bonds. The lowest BCUT2D eigenvalue weighted by Crippen LogP contribution is -2.29. The molecule has 3 N–H and O–H groups in total. The Bertz CT molecular complexity index is 431. The summed E-state index contributed by atoms with van der Waals surface area (Å²) < 4.78 is 17.2. The van der Waals surface area contributed by atoms with Gasteiger partial charge in [-0.3, -0.25) is 5.84 Å². The average molecular weight is 224 g/mol. The molecule has 0 bridgehead atoms. The fourth-order valence-electron chi connectivity index (χ4n) is 1.34. The molecule has 6 heteroatoms. The van der Waals surface area contributed by atoms with E-state index in [2.05, 4.69) is 15.0 Å². The van der Waals surface area contributed by atoms with E-state index in [0.717, 1.165) is 0 Å². The number of hydrazine groups is 1. The molecule has 0 fully saturated rings. The van der Waals surface area contributed by atoms with Gasteiger partial charge in [0.05, 0.1) is 11.7 Å². The van der Waals surface area contributed by atoms with Gasteiger partial charge < -0.3 is 0 Å². The Balaban J connectivity index is 2.40. The third-order valence-electron chi connectivity index (χ3n) is 2.06. The van der Waals surface area contributed by atoms with Crippen molar-refractivity contribution < 1.29 is 4.39 Å². The van der Waals surface area contributed by atoms with E-state index < -0.39 is 6.04 Å². The minimum absolute atomic E-state index is 0.312. The Morgan fingerprint density at radius 1 is 1.40 bits per heavy atom. The minimum atomic E-state index is -0.454. The smallest absolute Gasteiger partial charge is 0.128 e. The van der Waals surface area contributed by atoms with Crippen molar-refractivity contribution in [3.8, 4) is 0 Å². The van der Waals surface area contributed by atoms with Crippen molar-refractivity contribution in [2.75, 3.05) is 0 Å². The van der Waals surface area contributed by atoms with E-state index in [-0.39, 0.29) is 5.82 Å². The highest BCUT2D eigenvalue weighted by Crippen LogP contribution is 2.22. The number of rotatable bonds is 3. The van der Waals surface area contributed by atoms with Crippen LogP contribution in [0, 0.1) is 5.82 Å². The molecule has 15 heavy (non-hydrogen) atoms. The summed E-state index contributed by atoms with van der Waals surface area (Å²) in [7, 11) is 0. The van der Waals surface area contributed by atoms with Crippen molar-refractivity contribution in [2.45, 2.75) is 6.04 Å². The quantitative estimate of drug-likeness (QED) is 0.608. The van der Waals surface area contributed by atoms with Crippen LogP contribution in [0.25, 0.3) is 0 Å². The fraction of sp³-hybridized carbons (Fsp3) is 0.111. The Labute approximate surface area is 90.1 Å². The van der Waals surface area contributed by atoms with Crippen LogP contribution in [0.2, 0.25) is 0 Å². The Kier molecular flexibility index (Phi) is 3.00. The van der Waals surface area contributed by atoms with Gasteiger partial charge in [-0.15, -0.1) is 5.10 Å². The highest BCUT2D eigenvalue weighted by molar-refractivity contribution is 7.03. The third kappa shape index (κ3) is 2.01. The lowest BCUT2D eigenvalue weighted by atomic mass is 10.0. The number of hydrogen-bond donors (Lipinski definition) is 2. The van der Waals surface area contributed by atoms with Gasteiger partial charge in [-0.25, -0.2) is 9.82 Å². The molecule has 0 aliphatic carbocycles. The Morgan fingerprint density at radius 3 is 2.80 bits per heavy atom. The molecular formula is C9H9FN4S. The molecular weight excluding hydrogens is 215 g/mol. The molecule has 0 aliphatic heterocycles. The number of nitrogens with two attached hydrogens (primary N) is 1. The largest absolute Gasteiger partial charge is 0.271 e. The zero-order valence-electron chi connectivity index (χ0n) is 7.72. The summed E-state index contributed by atoms with van der Waals surface area (Å²) >= 11 is 1.20. The van der Waals surface area contributed by atoms with Crippen LogP contribution in [0.4, 0.5) is 4.39 Å². The first-order chi connectivity index (χ1) is 7.33. The second-order valence-corrected chi connectivity index (χ2v) is 3.56. The Morgan fingerprint density at radius 2 is 2.20 bits per heavy atom. The van der Waals surface area contributed by atoms with Crippen molar-refractivity contribution in [1.82, 2.24) is 15.0 Å². The second-order valence-electron chi connectivity index (χ2n) is 2.95. The van der Waals surface area contributed by atoms with E-state index in [9.17, 15) is 4.39 Å². The summed E-state index contributed by atoms with van der Waals surface area (Å²) in [5, 5.41) is 5.60. The first-order valence-electron chi connectivity index (χ1n) is 4.30. The molecule has 0 spiro atoms. The van der Waals surface area contributed by atoms with Crippen molar-refractivity contribution in [3.05, 3.63) is 46.7 Å². The predicted octanol–water partition coefficient (Wildman–Crippen LogP) is 1.23. The number of nitrogens with one attached hydrogen (secondary N) is 1. The first kappa shape index (κ1) is 10.2. The van der Waals surface area contributed by atoms with Gasteiger partial charge >= 0.3 is 0 Å². The van der Waals surface area contributed by atoms with Gasteiger partial charge in [0, 0.05) is 10.9 Å². The molecule has 1 aromatic carbocycles. The molecule has 4 nitrogen and oxygen atoms in total. The lowest BCUT2D eigenvalue weighted by Gasteiger charge is -2.13. The summed E-state index contributed by atoms with van der Waals surface area (Å²) in [6.45, 7) is 0. The number of benzene rings is 1. The third-order valence-corrected chi connectivity index (χ3v) is 2.58. The van der Waals surface area contributed by atoms with E-state index in [0.29, 0.717) is 11.3 Å². The van der Waals surface area contributed by atoms with Gasteiger partial charge in [0.1, 0.15) is 5.82 Å². The van der Waals surface area contributed by atoms with Crippen LogP contribution in [0.15, 0.2) is 29.6 Å². The minimum Gasteiger partial charge on any atom is -0.271 e. The van der Waals surface area contributed by atoms with Crippen molar-refractivity contribution >= 4 is 11.5 Å². The molecule has 1 atom stereocenters. The monoisotopic (exact) mass is 224 g/mol. The van der Waals surface area contributed by atoms with Gasteiger partial charge in [-0.2, -0.15) is 0 Å². The molecule has 2 rings (SSSR count). The average Bonchev–Trinajstić information content (AvgIpc) is 2.75. The van der Waals surface area contributed by atoms with E-state index in [1.54, 1.807) is 23.6 Å². The van der Waals surface area contributed by atoms with Crippen LogP contribution >= 0.6 is 11.5 Å². The topological polar surface area (TPSA) is 63.8 Å². The molecule has 0 radical (unpaired) electrons. The van der Waals surface area contributed by atoms with Crippen LogP contribution in [-0.4, -0.2) is 9.59 Å². The number of nitrogens with zero attached hydrogens (tertiary/aromatic N) is 2. The van der Waals surface area contributed by atoms with Crippen LogP contribution in [0.3, 0.4) is 0 Å². The van der Waals surface area contributed by atoms with E-state index in [4.69, 9.17) is 5.84 Å². The van der Waals surface area contributed by atoms with Gasteiger partial charge in [0.15, 0.2) is 0 Å². The predicted molar refractivity (Wildman–Crippen MR) is 55.5 cm³/mol. The summed E-state index contributed by atoms with van der Waals surface area (Å²) in [6.07, 6.45) is 0. The normalized spacial score (nSPS) is 12.7. The molecule has 1 aromatic heterocycles. The van der Waals surface area contributed by atoms with Crippen LogP contribution < -0.4 is 11.3 Å². The molecule has 2 aromatic rings. The molecule has 0 saturated heterocycles. The van der Waals surface area contributed by atoms with Crippen LogP contribution in [0.5, 0.6) is 0 Å². The van der Waals surface area contributed by atoms with Crippen LogP contribution in [0.1, 0.15) is 17.3 Å².